The van der Waals surface area contributed by atoms with E-state index in [0.29, 0.717) is 19.4 Å². The number of ether oxygens (including phenoxy) is 1. The van der Waals surface area contributed by atoms with Crippen molar-refractivity contribution in [1.29, 1.82) is 0 Å². The van der Waals surface area contributed by atoms with Gasteiger partial charge in [-0.05, 0) is 29.9 Å². The van der Waals surface area contributed by atoms with Crippen molar-refractivity contribution in [2.45, 2.75) is 31.9 Å². The predicted octanol–water partition coefficient (Wildman–Crippen LogP) is 2.14. The van der Waals surface area contributed by atoms with Crippen LogP contribution in [-0.4, -0.2) is 41.8 Å². The van der Waals surface area contributed by atoms with E-state index in [4.69, 9.17) is 4.74 Å². The summed E-state index contributed by atoms with van der Waals surface area (Å²) in [5.74, 6) is -0.855. The largest absolute Gasteiger partial charge is 0.460 e. The van der Waals surface area contributed by atoms with E-state index >= 15 is 0 Å². The number of nitrogens with zero attached hydrogens (tertiary/aromatic N) is 1. The molecule has 6 nitrogen and oxygen atoms in total. The third-order valence-corrected chi connectivity index (χ3v) is 5.31. The SMILES string of the molecule is O=C(CNC(=O)C1CCCN1C(=O)Cc1cccs1)OCc1ccccc1. The second kappa shape index (κ2) is 9.32. The van der Waals surface area contributed by atoms with Crippen molar-refractivity contribution < 1.29 is 19.1 Å². The highest BCUT2D eigenvalue weighted by Gasteiger charge is 2.34. The van der Waals surface area contributed by atoms with Crippen LogP contribution < -0.4 is 5.32 Å². The summed E-state index contributed by atoms with van der Waals surface area (Å²) < 4.78 is 5.15. The molecule has 27 heavy (non-hydrogen) atoms. The van der Waals surface area contributed by atoms with E-state index in [1.165, 1.54) is 11.3 Å². The number of nitrogens with one attached hydrogen (secondary N) is 1. The Hall–Kier alpha value is -2.67. The second-order valence-electron chi connectivity index (χ2n) is 6.37. The van der Waals surface area contributed by atoms with E-state index in [9.17, 15) is 14.4 Å². The fourth-order valence-electron chi connectivity index (χ4n) is 3.07. The van der Waals surface area contributed by atoms with Crippen LogP contribution in [-0.2, 0) is 32.1 Å². The number of benzene rings is 1. The quantitative estimate of drug-likeness (QED) is 0.740. The number of hydrogen-bond acceptors (Lipinski definition) is 5. The Morgan fingerprint density at radius 3 is 2.70 bits per heavy atom. The van der Waals surface area contributed by atoms with Crippen LogP contribution in [0.15, 0.2) is 47.8 Å². The van der Waals surface area contributed by atoms with Gasteiger partial charge < -0.3 is 15.0 Å². The van der Waals surface area contributed by atoms with Crippen LogP contribution >= 0.6 is 11.3 Å². The lowest BCUT2D eigenvalue weighted by Gasteiger charge is -2.23. The maximum atomic E-state index is 12.5. The molecule has 7 heteroatoms. The minimum atomic E-state index is -0.514. The van der Waals surface area contributed by atoms with E-state index in [1.807, 2.05) is 47.8 Å². The van der Waals surface area contributed by atoms with E-state index in [-0.39, 0.29) is 25.0 Å². The molecule has 1 N–H and O–H groups in total. The Morgan fingerprint density at radius 2 is 1.96 bits per heavy atom. The van der Waals surface area contributed by atoms with Crippen molar-refractivity contribution in [1.82, 2.24) is 10.2 Å². The van der Waals surface area contributed by atoms with Crippen LogP contribution in [0.25, 0.3) is 0 Å². The summed E-state index contributed by atoms with van der Waals surface area (Å²) in [5.41, 5.74) is 0.887. The van der Waals surface area contributed by atoms with Crippen LogP contribution in [0.1, 0.15) is 23.3 Å². The molecule has 142 valence electrons. The smallest absolute Gasteiger partial charge is 0.325 e. The molecule has 2 aromatic rings. The van der Waals surface area contributed by atoms with Crippen LogP contribution in [0, 0.1) is 0 Å². The first-order valence-electron chi connectivity index (χ1n) is 8.92. The van der Waals surface area contributed by atoms with Gasteiger partial charge in [0.2, 0.25) is 11.8 Å². The van der Waals surface area contributed by atoms with Gasteiger partial charge in [0.15, 0.2) is 0 Å². The summed E-state index contributed by atoms with van der Waals surface area (Å²) in [4.78, 5) is 39.4. The van der Waals surface area contributed by atoms with Gasteiger partial charge in [0.05, 0.1) is 6.42 Å². The standard InChI is InChI=1S/C20H22N2O4S/c23-18(12-16-8-5-11-27-16)22-10-4-9-17(22)20(25)21-13-19(24)26-14-15-6-2-1-3-7-15/h1-3,5-8,11,17H,4,9-10,12-14H2,(H,21,25). The Balaban J connectivity index is 1.45. The zero-order valence-corrected chi connectivity index (χ0v) is 15.7. The van der Waals surface area contributed by atoms with Crippen LogP contribution in [0.2, 0.25) is 0 Å². The molecule has 1 atom stereocenters. The van der Waals surface area contributed by atoms with Crippen molar-refractivity contribution >= 4 is 29.1 Å². The summed E-state index contributed by atoms with van der Waals surface area (Å²) in [6, 6.07) is 12.7. The average Bonchev–Trinajstić information content (AvgIpc) is 3.37. The first-order valence-corrected chi connectivity index (χ1v) is 9.80. The molecule has 1 aliphatic heterocycles. The number of carbonyl (C=O) groups excluding carboxylic acids is 3. The Morgan fingerprint density at radius 1 is 1.15 bits per heavy atom. The summed E-state index contributed by atoms with van der Waals surface area (Å²) >= 11 is 1.53. The van der Waals surface area contributed by atoms with Gasteiger partial charge in [0, 0.05) is 11.4 Å². The third kappa shape index (κ3) is 5.40. The minimum absolute atomic E-state index is 0.0539. The Kier molecular flexibility index (Phi) is 6.59. The lowest BCUT2D eigenvalue weighted by molar-refractivity contribution is -0.146. The van der Waals surface area contributed by atoms with E-state index in [1.54, 1.807) is 4.90 Å². The lowest BCUT2D eigenvalue weighted by atomic mass is 10.2. The molecule has 0 spiro atoms. The highest BCUT2D eigenvalue weighted by atomic mass is 32.1. The summed E-state index contributed by atoms with van der Waals surface area (Å²) in [6.45, 7) is 0.542. The molecule has 1 aliphatic rings. The van der Waals surface area contributed by atoms with Gasteiger partial charge in [-0.15, -0.1) is 11.3 Å². The zero-order chi connectivity index (χ0) is 19.1. The average molecular weight is 386 g/mol. The maximum Gasteiger partial charge on any atom is 0.325 e. The minimum Gasteiger partial charge on any atom is -0.460 e. The molecule has 1 aromatic heterocycles. The molecule has 3 rings (SSSR count). The summed E-state index contributed by atoms with van der Waals surface area (Å²) in [7, 11) is 0. The molecule has 1 fully saturated rings. The molecule has 0 bridgehead atoms. The molecule has 0 aliphatic carbocycles. The van der Waals surface area contributed by atoms with Gasteiger partial charge in [-0.3, -0.25) is 14.4 Å². The van der Waals surface area contributed by atoms with Gasteiger partial charge >= 0.3 is 5.97 Å². The molecular weight excluding hydrogens is 364 g/mol. The highest BCUT2D eigenvalue weighted by Crippen LogP contribution is 2.20. The number of esters is 1. The molecule has 2 amide bonds. The number of carbonyl (C=O) groups is 3. The highest BCUT2D eigenvalue weighted by molar-refractivity contribution is 7.10. The first kappa shape index (κ1) is 19.1. The number of rotatable bonds is 7. The van der Waals surface area contributed by atoms with E-state index < -0.39 is 12.0 Å². The van der Waals surface area contributed by atoms with Crippen molar-refractivity contribution in [3.8, 4) is 0 Å². The Labute approximate surface area is 162 Å². The van der Waals surface area contributed by atoms with Crippen LogP contribution in [0.3, 0.4) is 0 Å². The number of thiophene rings is 1. The normalized spacial score (nSPS) is 16.1. The zero-order valence-electron chi connectivity index (χ0n) is 14.9. The van der Waals surface area contributed by atoms with Gasteiger partial charge in [0.1, 0.15) is 19.2 Å². The molecular formula is C20H22N2O4S. The molecule has 0 saturated carbocycles. The van der Waals surface area contributed by atoms with Crippen molar-refractivity contribution in [2.24, 2.45) is 0 Å². The van der Waals surface area contributed by atoms with Gasteiger partial charge in [-0.2, -0.15) is 0 Å². The van der Waals surface area contributed by atoms with Crippen LogP contribution in [0.5, 0.6) is 0 Å². The van der Waals surface area contributed by atoms with E-state index in [0.717, 1.165) is 16.9 Å². The monoisotopic (exact) mass is 386 g/mol. The lowest BCUT2D eigenvalue weighted by Crippen LogP contribution is -2.47. The maximum absolute atomic E-state index is 12.5. The van der Waals surface area contributed by atoms with Gasteiger partial charge in [-0.25, -0.2) is 0 Å². The summed E-state index contributed by atoms with van der Waals surface area (Å²) in [6.07, 6.45) is 1.70. The molecule has 2 heterocycles. The number of hydrogen-bond donors (Lipinski definition) is 1. The summed E-state index contributed by atoms with van der Waals surface area (Å²) in [5, 5.41) is 4.53. The third-order valence-electron chi connectivity index (χ3n) is 4.43. The molecule has 1 unspecified atom stereocenters. The van der Waals surface area contributed by atoms with E-state index in [2.05, 4.69) is 5.32 Å². The molecule has 1 aromatic carbocycles. The van der Waals surface area contributed by atoms with Gasteiger partial charge in [0.25, 0.3) is 0 Å². The fraction of sp³-hybridized carbons (Fsp3) is 0.350. The number of likely N-dealkylation sites (tertiary alicyclic amines) is 1. The number of amides is 2. The fourth-order valence-corrected chi connectivity index (χ4v) is 3.76. The van der Waals surface area contributed by atoms with Crippen LogP contribution in [0.4, 0.5) is 0 Å². The second-order valence-corrected chi connectivity index (χ2v) is 7.40. The molecule has 0 radical (unpaired) electrons. The predicted molar refractivity (Wildman–Crippen MR) is 102 cm³/mol. The van der Waals surface area contributed by atoms with Crippen molar-refractivity contribution in [2.75, 3.05) is 13.1 Å². The van der Waals surface area contributed by atoms with Gasteiger partial charge in [-0.1, -0.05) is 36.4 Å². The molecule has 1 saturated heterocycles. The topological polar surface area (TPSA) is 75.7 Å². The van der Waals surface area contributed by atoms with Crippen molar-refractivity contribution in [3.63, 3.8) is 0 Å². The Bertz CT molecular complexity index is 777. The first-order chi connectivity index (χ1) is 13.1. The van der Waals surface area contributed by atoms with Crippen molar-refractivity contribution in [3.05, 3.63) is 58.3 Å².